The summed E-state index contributed by atoms with van der Waals surface area (Å²) in [5.74, 6) is -1.34. The normalized spacial score (nSPS) is 10.9. The van der Waals surface area contributed by atoms with Crippen molar-refractivity contribution >= 4 is 23.4 Å². The van der Waals surface area contributed by atoms with Crippen LogP contribution in [0.3, 0.4) is 0 Å². The topological polar surface area (TPSA) is 72.7 Å². The standard InChI is InChI=1S/C23H19F2N5OS/c1-14-3-4-20(9-15(14)2)30-22(16-5-7-26-8-6-16)28-29-23(30)32-13-21(31)27-19-11-17(24)10-18(25)12-19/h3-12H,13H2,1-2H3,(H,27,31). The number of thioether (sulfide) groups is 1. The molecule has 2 aromatic carbocycles. The fourth-order valence-electron chi connectivity index (χ4n) is 3.10. The quantitative estimate of drug-likeness (QED) is 0.420. The van der Waals surface area contributed by atoms with Crippen LogP contribution in [-0.2, 0) is 4.79 Å². The fourth-order valence-corrected chi connectivity index (χ4v) is 3.85. The number of benzene rings is 2. The third kappa shape index (κ3) is 4.83. The molecule has 0 saturated heterocycles. The van der Waals surface area contributed by atoms with Crippen LogP contribution in [-0.4, -0.2) is 31.4 Å². The summed E-state index contributed by atoms with van der Waals surface area (Å²) < 4.78 is 28.6. The lowest BCUT2D eigenvalue weighted by molar-refractivity contribution is -0.113. The Hall–Kier alpha value is -3.59. The monoisotopic (exact) mass is 451 g/mol. The van der Waals surface area contributed by atoms with Gasteiger partial charge in [0.2, 0.25) is 5.91 Å². The van der Waals surface area contributed by atoms with E-state index in [1.165, 1.54) is 11.8 Å². The number of rotatable bonds is 6. The highest BCUT2D eigenvalue weighted by atomic mass is 32.2. The van der Waals surface area contributed by atoms with E-state index >= 15 is 0 Å². The molecule has 1 N–H and O–H groups in total. The molecule has 0 atom stereocenters. The summed E-state index contributed by atoms with van der Waals surface area (Å²) in [6, 6.07) is 12.6. The van der Waals surface area contributed by atoms with E-state index in [1.807, 2.05) is 48.7 Å². The molecular formula is C23H19F2N5OS. The molecule has 1 amide bonds. The first kappa shape index (κ1) is 21.6. The Morgan fingerprint density at radius 1 is 0.969 bits per heavy atom. The van der Waals surface area contributed by atoms with Crippen molar-refractivity contribution in [1.29, 1.82) is 0 Å². The molecule has 0 fully saturated rings. The highest BCUT2D eigenvalue weighted by molar-refractivity contribution is 7.99. The van der Waals surface area contributed by atoms with E-state index < -0.39 is 17.5 Å². The second-order valence-corrected chi connectivity index (χ2v) is 8.08. The maximum atomic E-state index is 13.4. The molecule has 32 heavy (non-hydrogen) atoms. The molecule has 0 aliphatic rings. The Labute approximate surface area is 187 Å². The highest BCUT2D eigenvalue weighted by Crippen LogP contribution is 2.29. The molecule has 2 aromatic heterocycles. The number of aryl methyl sites for hydroxylation is 2. The lowest BCUT2D eigenvalue weighted by Gasteiger charge is -2.12. The molecule has 0 saturated carbocycles. The van der Waals surface area contributed by atoms with Crippen LogP contribution in [0.2, 0.25) is 0 Å². The van der Waals surface area contributed by atoms with E-state index in [9.17, 15) is 13.6 Å². The van der Waals surface area contributed by atoms with Gasteiger partial charge >= 0.3 is 0 Å². The Kier molecular flexibility index (Phi) is 6.27. The van der Waals surface area contributed by atoms with Crippen molar-refractivity contribution in [3.8, 4) is 17.1 Å². The number of hydrogen-bond acceptors (Lipinski definition) is 5. The molecule has 0 aliphatic heterocycles. The van der Waals surface area contributed by atoms with E-state index in [-0.39, 0.29) is 11.4 Å². The Bertz CT molecular complexity index is 1260. The van der Waals surface area contributed by atoms with Crippen LogP contribution >= 0.6 is 11.8 Å². The van der Waals surface area contributed by atoms with Crippen LogP contribution in [0.4, 0.5) is 14.5 Å². The second kappa shape index (κ2) is 9.27. The molecule has 0 unspecified atom stereocenters. The van der Waals surface area contributed by atoms with Gasteiger partial charge in [0.25, 0.3) is 0 Å². The first-order valence-electron chi connectivity index (χ1n) is 9.73. The van der Waals surface area contributed by atoms with Crippen LogP contribution < -0.4 is 5.32 Å². The zero-order valence-electron chi connectivity index (χ0n) is 17.3. The van der Waals surface area contributed by atoms with Crippen molar-refractivity contribution < 1.29 is 13.6 Å². The zero-order valence-corrected chi connectivity index (χ0v) is 18.2. The molecule has 162 valence electrons. The molecule has 0 aliphatic carbocycles. The highest BCUT2D eigenvalue weighted by Gasteiger charge is 2.18. The average molecular weight is 452 g/mol. The van der Waals surface area contributed by atoms with Crippen molar-refractivity contribution in [2.24, 2.45) is 0 Å². The Balaban J connectivity index is 1.61. The summed E-state index contributed by atoms with van der Waals surface area (Å²) in [5, 5.41) is 11.6. The molecule has 0 radical (unpaired) electrons. The minimum Gasteiger partial charge on any atom is -0.325 e. The van der Waals surface area contributed by atoms with E-state index in [1.54, 1.807) is 12.4 Å². The number of pyridine rings is 1. The fraction of sp³-hybridized carbons (Fsp3) is 0.130. The van der Waals surface area contributed by atoms with Crippen LogP contribution in [0.25, 0.3) is 17.1 Å². The number of carbonyl (C=O) groups is 1. The van der Waals surface area contributed by atoms with Crippen LogP contribution in [0.1, 0.15) is 11.1 Å². The molecule has 6 nitrogen and oxygen atoms in total. The van der Waals surface area contributed by atoms with Gasteiger partial charge in [-0.25, -0.2) is 8.78 Å². The third-order valence-electron chi connectivity index (χ3n) is 4.80. The molecule has 4 aromatic rings. The number of nitrogens with zero attached hydrogens (tertiary/aromatic N) is 4. The first-order valence-corrected chi connectivity index (χ1v) is 10.7. The van der Waals surface area contributed by atoms with Gasteiger partial charge in [-0.2, -0.15) is 0 Å². The number of amides is 1. The maximum Gasteiger partial charge on any atom is 0.234 e. The Morgan fingerprint density at radius 3 is 2.38 bits per heavy atom. The lowest BCUT2D eigenvalue weighted by atomic mass is 10.1. The number of halogens is 2. The first-order chi connectivity index (χ1) is 15.4. The number of carbonyl (C=O) groups excluding carboxylic acids is 1. The third-order valence-corrected chi connectivity index (χ3v) is 5.73. The predicted molar refractivity (Wildman–Crippen MR) is 120 cm³/mol. The second-order valence-electron chi connectivity index (χ2n) is 7.14. The van der Waals surface area contributed by atoms with Gasteiger partial charge < -0.3 is 5.32 Å². The molecule has 4 rings (SSSR count). The summed E-state index contributed by atoms with van der Waals surface area (Å²) in [7, 11) is 0. The SMILES string of the molecule is Cc1ccc(-n2c(SCC(=O)Nc3cc(F)cc(F)c3)nnc2-c2ccncc2)cc1C. The minimum absolute atomic E-state index is 0.0164. The molecule has 9 heteroatoms. The van der Waals surface area contributed by atoms with E-state index in [0.29, 0.717) is 11.0 Å². The van der Waals surface area contributed by atoms with Gasteiger partial charge in [-0.3, -0.25) is 14.3 Å². The van der Waals surface area contributed by atoms with Crippen molar-refractivity contribution in [3.63, 3.8) is 0 Å². The van der Waals surface area contributed by atoms with Crippen molar-refractivity contribution in [3.05, 3.63) is 83.7 Å². The maximum absolute atomic E-state index is 13.4. The Morgan fingerprint density at radius 2 is 1.69 bits per heavy atom. The predicted octanol–water partition coefficient (Wildman–Crippen LogP) is 4.96. The smallest absolute Gasteiger partial charge is 0.234 e. The van der Waals surface area contributed by atoms with Gasteiger partial charge in [0.15, 0.2) is 11.0 Å². The molecule has 0 spiro atoms. The van der Waals surface area contributed by atoms with Gasteiger partial charge in [-0.05, 0) is 61.4 Å². The van der Waals surface area contributed by atoms with Crippen LogP contribution in [0.15, 0.2) is 66.1 Å². The number of anilines is 1. The van der Waals surface area contributed by atoms with Crippen molar-refractivity contribution in [2.45, 2.75) is 19.0 Å². The van der Waals surface area contributed by atoms with Gasteiger partial charge in [0.05, 0.1) is 11.4 Å². The lowest BCUT2D eigenvalue weighted by Crippen LogP contribution is -2.15. The number of nitrogens with one attached hydrogen (secondary N) is 1. The summed E-state index contributed by atoms with van der Waals surface area (Å²) in [5.41, 5.74) is 4.01. The largest absolute Gasteiger partial charge is 0.325 e. The molecule has 2 heterocycles. The van der Waals surface area contributed by atoms with Gasteiger partial charge in [-0.15, -0.1) is 10.2 Å². The van der Waals surface area contributed by atoms with Crippen LogP contribution in [0.5, 0.6) is 0 Å². The summed E-state index contributed by atoms with van der Waals surface area (Å²) >= 11 is 1.18. The van der Waals surface area contributed by atoms with Crippen LogP contribution in [0, 0.1) is 25.5 Å². The van der Waals surface area contributed by atoms with E-state index in [2.05, 4.69) is 20.5 Å². The minimum atomic E-state index is -0.760. The van der Waals surface area contributed by atoms with Crippen molar-refractivity contribution in [1.82, 2.24) is 19.7 Å². The summed E-state index contributed by atoms with van der Waals surface area (Å²) in [4.78, 5) is 16.4. The van der Waals surface area contributed by atoms with E-state index in [4.69, 9.17) is 0 Å². The van der Waals surface area contributed by atoms with Gasteiger partial charge in [-0.1, -0.05) is 17.8 Å². The zero-order chi connectivity index (χ0) is 22.7. The molecular weight excluding hydrogens is 432 g/mol. The van der Waals surface area contributed by atoms with Gasteiger partial charge in [0.1, 0.15) is 11.6 Å². The van der Waals surface area contributed by atoms with Gasteiger partial charge in [0, 0.05) is 29.7 Å². The number of aromatic nitrogens is 4. The average Bonchev–Trinajstić information content (AvgIpc) is 3.18. The van der Waals surface area contributed by atoms with Crippen molar-refractivity contribution in [2.75, 3.05) is 11.1 Å². The summed E-state index contributed by atoms with van der Waals surface area (Å²) in [6.07, 6.45) is 3.35. The number of hydrogen-bond donors (Lipinski definition) is 1. The van der Waals surface area contributed by atoms with E-state index in [0.717, 1.165) is 40.6 Å². The summed E-state index contributed by atoms with van der Waals surface area (Å²) in [6.45, 7) is 4.05. The molecule has 0 bridgehead atoms.